The van der Waals surface area contributed by atoms with Crippen LogP contribution in [0.4, 0.5) is 11.4 Å². The Kier molecular flexibility index (Phi) is 6.23. The summed E-state index contributed by atoms with van der Waals surface area (Å²) < 4.78 is 5.98. The topological polar surface area (TPSA) is 116 Å². The first-order chi connectivity index (χ1) is 14.3. The molecule has 1 fully saturated rings. The van der Waals surface area contributed by atoms with Crippen molar-refractivity contribution in [2.24, 2.45) is 0 Å². The number of hydrogen-bond acceptors (Lipinski definition) is 8. The number of non-ortho nitro benzene ring substituents is 1. The second-order valence-corrected chi connectivity index (χ2v) is 7.59. The van der Waals surface area contributed by atoms with Gasteiger partial charge in [-0.05, 0) is 29.8 Å². The molecule has 1 saturated heterocycles. The minimum absolute atomic E-state index is 0.122. The van der Waals surface area contributed by atoms with Gasteiger partial charge in [0.05, 0.1) is 20.8 Å². The zero-order valence-corrected chi connectivity index (χ0v) is 16.9. The molecule has 0 atom stereocenters. The quantitative estimate of drug-likeness (QED) is 0.199. The molecule has 0 unspecified atom stereocenters. The van der Waals surface area contributed by atoms with Crippen molar-refractivity contribution in [2.75, 3.05) is 6.54 Å². The van der Waals surface area contributed by atoms with Gasteiger partial charge in [0.1, 0.15) is 10.1 Å². The van der Waals surface area contributed by atoms with E-state index in [1.165, 1.54) is 22.7 Å². The van der Waals surface area contributed by atoms with Crippen LogP contribution in [0.15, 0.2) is 60.0 Å². The molecule has 0 bridgehead atoms. The summed E-state index contributed by atoms with van der Waals surface area (Å²) in [6, 6.07) is 9.63. The predicted molar refractivity (Wildman–Crippen MR) is 116 cm³/mol. The smallest absolute Gasteiger partial charge is 0.318 e. The Labute approximate surface area is 179 Å². The zero-order chi connectivity index (χ0) is 21.8. The van der Waals surface area contributed by atoms with Gasteiger partial charge in [0.15, 0.2) is 0 Å². The van der Waals surface area contributed by atoms with E-state index in [2.05, 4.69) is 6.58 Å². The first kappa shape index (κ1) is 21.1. The molecule has 3 rings (SSSR count). The Morgan fingerprint density at radius 2 is 1.83 bits per heavy atom. The average molecular weight is 443 g/mol. The second-order valence-electron chi connectivity index (χ2n) is 5.92. The average Bonchev–Trinajstić information content (AvgIpc) is 2.97. The van der Waals surface area contributed by atoms with Crippen molar-refractivity contribution in [1.82, 2.24) is 4.90 Å². The first-order valence-electron chi connectivity index (χ1n) is 8.37. The Bertz CT molecular complexity index is 1100. The van der Waals surface area contributed by atoms with Crippen LogP contribution in [-0.2, 0) is 4.79 Å². The lowest BCUT2D eigenvalue weighted by Crippen LogP contribution is -2.27. The Hall–Kier alpha value is -3.57. The summed E-state index contributed by atoms with van der Waals surface area (Å²) in [5.41, 5.74) is -0.211. The molecule has 11 heteroatoms. The van der Waals surface area contributed by atoms with Crippen LogP contribution >= 0.6 is 24.0 Å². The summed E-state index contributed by atoms with van der Waals surface area (Å²) in [6.45, 7) is 3.94. The van der Waals surface area contributed by atoms with Crippen molar-refractivity contribution in [2.45, 2.75) is 0 Å². The molecule has 1 aliphatic rings. The van der Waals surface area contributed by atoms with Gasteiger partial charge in [-0.2, -0.15) is 0 Å². The van der Waals surface area contributed by atoms with E-state index in [-0.39, 0.29) is 11.7 Å². The van der Waals surface area contributed by atoms with E-state index in [0.29, 0.717) is 27.1 Å². The molecule has 0 saturated carbocycles. The lowest BCUT2D eigenvalue weighted by molar-refractivity contribution is -0.394. The fraction of sp³-hybridized carbons (Fsp3) is 0.0526. The van der Waals surface area contributed by atoms with Crippen LogP contribution < -0.4 is 4.74 Å². The van der Waals surface area contributed by atoms with E-state index in [1.807, 2.05) is 0 Å². The van der Waals surface area contributed by atoms with Crippen molar-refractivity contribution in [3.05, 3.63) is 85.8 Å². The molecule has 1 heterocycles. The minimum atomic E-state index is -0.748. The molecular formula is C19H13N3O6S2. The second kappa shape index (κ2) is 8.84. The molecule has 9 nitrogen and oxygen atoms in total. The van der Waals surface area contributed by atoms with Crippen LogP contribution in [0.3, 0.4) is 0 Å². The number of thioether (sulfide) groups is 1. The molecule has 1 aliphatic heterocycles. The van der Waals surface area contributed by atoms with E-state index in [4.69, 9.17) is 17.0 Å². The fourth-order valence-corrected chi connectivity index (χ4v) is 3.82. The lowest BCUT2D eigenvalue weighted by atomic mass is 10.2. The maximum atomic E-state index is 12.4. The van der Waals surface area contributed by atoms with Crippen molar-refractivity contribution >= 4 is 51.7 Å². The van der Waals surface area contributed by atoms with E-state index >= 15 is 0 Å². The van der Waals surface area contributed by atoms with Crippen molar-refractivity contribution < 1.29 is 19.4 Å². The fourth-order valence-electron chi connectivity index (χ4n) is 2.55. The molecule has 152 valence electrons. The number of ether oxygens (including phenoxy) is 1. The molecule has 1 amide bonds. The van der Waals surface area contributed by atoms with Gasteiger partial charge < -0.3 is 4.74 Å². The molecule has 0 aromatic heterocycles. The SMILES string of the molecule is C=CCN1C(=O)/C(=C/c2ccc(Oc3ccc([N+](=O)[O-])cc3[N+](=O)[O-])cc2)SC1=S. The Balaban J connectivity index is 1.80. The highest BCUT2D eigenvalue weighted by Gasteiger charge is 2.30. The number of nitrogens with zero attached hydrogens (tertiary/aromatic N) is 3. The maximum Gasteiger partial charge on any atom is 0.318 e. The summed E-state index contributed by atoms with van der Waals surface area (Å²) in [7, 11) is 0. The van der Waals surface area contributed by atoms with Gasteiger partial charge >= 0.3 is 5.69 Å². The highest BCUT2D eigenvalue weighted by Crippen LogP contribution is 2.35. The number of hydrogen-bond donors (Lipinski definition) is 0. The van der Waals surface area contributed by atoms with Gasteiger partial charge in [0.25, 0.3) is 11.6 Å². The third-order valence-corrected chi connectivity index (χ3v) is 5.32. The van der Waals surface area contributed by atoms with Crippen LogP contribution in [0.25, 0.3) is 6.08 Å². The Morgan fingerprint density at radius 1 is 1.13 bits per heavy atom. The number of nitro groups is 2. The normalized spacial score (nSPS) is 14.8. The van der Waals surface area contributed by atoms with Crippen LogP contribution in [0.1, 0.15) is 5.56 Å². The Morgan fingerprint density at radius 3 is 2.43 bits per heavy atom. The van der Waals surface area contributed by atoms with Crippen molar-refractivity contribution in [3.8, 4) is 11.5 Å². The number of rotatable bonds is 7. The van der Waals surface area contributed by atoms with Gasteiger partial charge in [-0.1, -0.05) is 42.2 Å². The number of benzene rings is 2. The molecule has 30 heavy (non-hydrogen) atoms. The van der Waals surface area contributed by atoms with Gasteiger partial charge in [0.2, 0.25) is 5.75 Å². The molecule has 2 aromatic carbocycles. The van der Waals surface area contributed by atoms with Gasteiger partial charge in [-0.3, -0.25) is 29.9 Å². The maximum absolute atomic E-state index is 12.4. The summed E-state index contributed by atoms with van der Waals surface area (Å²) in [5, 5.41) is 22.0. The van der Waals surface area contributed by atoms with Gasteiger partial charge in [-0.15, -0.1) is 6.58 Å². The van der Waals surface area contributed by atoms with Gasteiger partial charge in [0, 0.05) is 12.6 Å². The highest BCUT2D eigenvalue weighted by atomic mass is 32.2. The van der Waals surface area contributed by atoms with Gasteiger partial charge in [-0.25, -0.2) is 0 Å². The lowest BCUT2D eigenvalue weighted by Gasteiger charge is -2.10. The van der Waals surface area contributed by atoms with Crippen LogP contribution in [0.2, 0.25) is 0 Å². The summed E-state index contributed by atoms with van der Waals surface area (Å²) in [5.74, 6) is -0.0290. The minimum Gasteiger partial charge on any atom is -0.450 e. The van der Waals surface area contributed by atoms with E-state index in [0.717, 1.165) is 12.1 Å². The first-order valence-corrected chi connectivity index (χ1v) is 9.59. The summed E-state index contributed by atoms with van der Waals surface area (Å²) in [4.78, 5) is 34.8. The van der Waals surface area contributed by atoms with E-state index in [9.17, 15) is 25.0 Å². The summed E-state index contributed by atoms with van der Waals surface area (Å²) in [6.07, 6.45) is 3.28. The number of nitro benzene ring substituents is 2. The van der Waals surface area contributed by atoms with Crippen LogP contribution in [0, 0.1) is 20.2 Å². The molecule has 2 aromatic rings. The highest BCUT2D eigenvalue weighted by molar-refractivity contribution is 8.26. The third kappa shape index (κ3) is 4.53. The largest absolute Gasteiger partial charge is 0.450 e. The monoisotopic (exact) mass is 443 g/mol. The molecule has 0 radical (unpaired) electrons. The predicted octanol–water partition coefficient (Wildman–Crippen LogP) is 4.68. The van der Waals surface area contributed by atoms with Crippen LogP contribution in [0.5, 0.6) is 11.5 Å². The number of carbonyl (C=O) groups excluding carboxylic acids is 1. The molecule has 0 N–H and O–H groups in total. The molecule has 0 spiro atoms. The zero-order valence-electron chi connectivity index (χ0n) is 15.2. The van der Waals surface area contributed by atoms with Crippen molar-refractivity contribution in [1.29, 1.82) is 0 Å². The molecule has 0 aliphatic carbocycles. The summed E-state index contributed by atoms with van der Waals surface area (Å²) >= 11 is 6.38. The standard InChI is InChI=1S/C19H13N3O6S2/c1-2-9-20-18(23)17(30-19(20)29)10-12-3-6-14(7-4-12)28-16-8-5-13(21(24)25)11-15(16)22(26)27/h2-8,10-11H,1,9H2/b17-10-. The number of amides is 1. The van der Waals surface area contributed by atoms with E-state index < -0.39 is 21.2 Å². The van der Waals surface area contributed by atoms with E-state index in [1.54, 1.807) is 36.4 Å². The molecular weight excluding hydrogens is 430 g/mol. The third-order valence-electron chi connectivity index (χ3n) is 3.94. The van der Waals surface area contributed by atoms with Crippen molar-refractivity contribution in [3.63, 3.8) is 0 Å². The van der Waals surface area contributed by atoms with Crippen LogP contribution in [-0.4, -0.2) is 31.5 Å². The number of thiocarbonyl (C=S) groups is 1. The number of carbonyl (C=O) groups is 1.